The third kappa shape index (κ3) is 8.49. The van der Waals surface area contributed by atoms with E-state index in [0.717, 1.165) is 45.6 Å². The monoisotopic (exact) mass is 378 g/mol. The lowest BCUT2D eigenvalue weighted by Gasteiger charge is -2.33. The average Bonchev–Trinajstić information content (AvgIpc) is 2.65. The maximum absolute atomic E-state index is 12.9. The molecule has 7 heteroatoms. The smallest absolute Gasteiger partial charge is 0.238 e. The maximum atomic E-state index is 12.9. The van der Waals surface area contributed by atoms with E-state index in [4.69, 9.17) is 0 Å². The molecule has 1 aliphatic heterocycles. The van der Waals surface area contributed by atoms with Crippen molar-refractivity contribution in [1.29, 1.82) is 0 Å². The van der Waals surface area contributed by atoms with Gasteiger partial charge in [0.25, 0.3) is 0 Å². The topological polar surface area (TPSA) is 64.7 Å². The second-order valence-corrected chi connectivity index (χ2v) is 7.02. The van der Waals surface area contributed by atoms with E-state index < -0.39 is 0 Å². The number of rotatable bonds is 10. The normalized spacial score (nSPS) is 15.5. The minimum absolute atomic E-state index is 0.0778. The van der Waals surface area contributed by atoms with Gasteiger partial charge in [0.1, 0.15) is 5.82 Å². The van der Waals surface area contributed by atoms with Gasteiger partial charge in [-0.1, -0.05) is 26.2 Å². The first-order valence-electron chi connectivity index (χ1n) is 9.83. The zero-order chi connectivity index (χ0) is 19.5. The molecule has 0 unspecified atom stereocenters. The van der Waals surface area contributed by atoms with Crippen LogP contribution in [0.3, 0.4) is 0 Å². The number of hydrogen-bond acceptors (Lipinski definition) is 4. The number of nitrogens with one attached hydrogen (secondary N) is 2. The first-order chi connectivity index (χ1) is 13.1. The van der Waals surface area contributed by atoms with Crippen LogP contribution in [0.5, 0.6) is 0 Å². The van der Waals surface area contributed by atoms with Gasteiger partial charge < -0.3 is 10.6 Å². The zero-order valence-electron chi connectivity index (χ0n) is 16.2. The Hall–Kier alpha value is -1.99. The quantitative estimate of drug-likeness (QED) is 0.612. The number of anilines is 1. The van der Waals surface area contributed by atoms with Crippen molar-refractivity contribution >= 4 is 17.5 Å². The van der Waals surface area contributed by atoms with Gasteiger partial charge in [0, 0.05) is 38.4 Å². The molecule has 0 aliphatic carbocycles. The summed E-state index contributed by atoms with van der Waals surface area (Å²) in [4.78, 5) is 28.3. The lowest BCUT2D eigenvalue weighted by atomic mass is 10.2. The van der Waals surface area contributed by atoms with Crippen LogP contribution >= 0.6 is 0 Å². The molecule has 0 aromatic heterocycles. The van der Waals surface area contributed by atoms with E-state index in [0.29, 0.717) is 18.8 Å². The second kappa shape index (κ2) is 11.7. The fourth-order valence-corrected chi connectivity index (χ4v) is 3.08. The minimum atomic E-state index is -0.325. The van der Waals surface area contributed by atoms with E-state index in [-0.39, 0.29) is 17.6 Å². The van der Waals surface area contributed by atoms with Crippen LogP contribution in [0, 0.1) is 5.82 Å². The van der Waals surface area contributed by atoms with Crippen LogP contribution in [0.1, 0.15) is 32.6 Å². The zero-order valence-corrected chi connectivity index (χ0v) is 16.2. The van der Waals surface area contributed by atoms with E-state index in [9.17, 15) is 14.0 Å². The molecule has 1 aliphatic rings. The molecule has 0 bridgehead atoms. The van der Waals surface area contributed by atoms with Crippen molar-refractivity contribution in [1.82, 2.24) is 15.1 Å². The van der Waals surface area contributed by atoms with Crippen LogP contribution in [0.15, 0.2) is 24.3 Å². The number of carbonyl (C=O) groups excluding carboxylic acids is 2. The lowest BCUT2D eigenvalue weighted by Crippen LogP contribution is -2.51. The number of hydrogen-bond donors (Lipinski definition) is 2. The number of halogens is 1. The molecule has 0 atom stereocenters. The number of nitrogens with zero attached hydrogens (tertiary/aromatic N) is 2. The molecule has 6 nitrogen and oxygen atoms in total. The van der Waals surface area contributed by atoms with Gasteiger partial charge in [0.2, 0.25) is 11.8 Å². The van der Waals surface area contributed by atoms with Crippen molar-refractivity contribution in [3.63, 3.8) is 0 Å². The molecular weight excluding hydrogens is 347 g/mol. The largest absolute Gasteiger partial charge is 0.355 e. The Morgan fingerprint density at radius 1 is 0.926 bits per heavy atom. The van der Waals surface area contributed by atoms with Crippen LogP contribution in [0.2, 0.25) is 0 Å². The summed E-state index contributed by atoms with van der Waals surface area (Å²) in [7, 11) is 0. The van der Waals surface area contributed by atoms with E-state index in [1.54, 1.807) is 12.1 Å². The van der Waals surface area contributed by atoms with Gasteiger partial charge in [-0.2, -0.15) is 0 Å². The van der Waals surface area contributed by atoms with Gasteiger partial charge in [0.05, 0.1) is 13.1 Å². The predicted molar refractivity (Wildman–Crippen MR) is 105 cm³/mol. The van der Waals surface area contributed by atoms with E-state index in [1.165, 1.54) is 25.0 Å². The Balaban J connectivity index is 1.59. The van der Waals surface area contributed by atoms with Crippen LogP contribution in [0.25, 0.3) is 0 Å². The lowest BCUT2D eigenvalue weighted by molar-refractivity contribution is -0.123. The number of unbranched alkanes of at least 4 members (excludes halogenated alkanes) is 3. The number of amides is 2. The van der Waals surface area contributed by atoms with Gasteiger partial charge in [-0.25, -0.2) is 4.39 Å². The van der Waals surface area contributed by atoms with Crippen molar-refractivity contribution in [2.45, 2.75) is 32.6 Å². The summed E-state index contributed by atoms with van der Waals surface area (Å²) in [5.74, 6) is -0.358. The fraction of sp³-hybridized carbons (Fsp3) is 0.600. The standard InChI is InChI=1S/C20H31FN4O2/c1-2-3-4-5-10-22-19(26)15-24-11-13-25(14-12-24)16-20(27)23-18-8-6-17(21)7-9-18/h6-9H,2-5,10-16H2,1H3,(H,22,26)(H,23,27). The van der Waals surface area contributed by atoms with Gasteiger partial charge in [-0.3, -0.25) is 19.4 Å². The van der Waals surface area contributed by atoms with Crippen LogP contribution < -0.4 is 10.6 Å². The van der Waals surface area contributed by atoms with E-state index in [2.05, 4.69) is 27.4 Å². The van der Waals surface area contributed by atoms with Crippen molar-refractivity contribution in [3.8, 4) is 0 Å². The van der Waals surface area contributed by atoms with E-state index in [1.807, 2.05) is 0 Å². The summed E-state index contributed by atoms with van der Waals surface area (Å²) in [6.45, 7) is 6.69. The molecule has 1 aromatic carbocycles. The molecule has 0 radical (unpaired) electrons. The Bertz CT molecular complexity index is 586. The maximum Gasteiger partial charge on any atom is 0.238 e. The highest BCUT2D eigenvalue weighted by Crippen LogP contribution is 2.09. The second-order valence-electron chi connectivity index (χ2n) is 7.02. The number of benzene rings is 1. The Morgan fingerprint density at radius 3 is 2.11 bits per heavy atom. The Labute approximate surface area is 161 Å². The van der Waals surface area contributed by atoms with Gasteiger partial charge in [0.15, 0.2) is 0 Å². The minimum Gasteiger partial charge on any atom is -0.355 e. The molecule has 0 saturated carbocycles. The first-order valence-corrected chi connectivity index (χ1v) is 9.83. The predicted octanol–water partition coefficient (Wildman–Crippen LogP) is 2.08. The molecule has 2 N–H and O–H groups in total. The summed E-state index contributed by atoms with van der Waals surface area (Å²) in [5.41, 5.74) is 0.593. The summed E-state index contributed by atoms with van der Waals surface area (Å²) in [5, 5.41) is 5.75. The van der Waals surface area contributed by atoms with Gasteiger partial charge in [-0.15, -0.1) is 0 Å². The molecule has 1 fully saturated rings. The van der Waals surface area contributed by atoms with Crippen LogP contribution in [0.4, 0.5) is 10.1 Å². The highest BCUT2D eigenvalue weighted by Gasteiger charge is 2.20. The van der Waals surface area contributed by atoms with Crippen molar-refractivity contribution in [2.24, 2.45) is 0 Å². The fourth-order valence-electron chi connectivity index (χ4n) is 3.08. The summed E-state index contributed by atoms with van der Waals surface area (Å²) < 4.78 is 12.9. The number of piperazine rings is 1. The highest BCUT2D eigenvalue weighted by molar-refractivity contribution is 5.92. The Kier molecular flexibility index (Phi) is 9.21. The summed E-state index contributed by atoms with van der Waals surface area (Å²) in [6.07, 6.45) is 4.61. The molecule has 150 valence electrons. The molecule has 27 heavy (non-hydrogen) atoms. The molecule has 1 aromatic rings. The van der Waals surface area contributed by atoms with E-state index >= 15 is 0 Å². The van der Waals surface area contributed by atoms with Crippen LogP contribution in [-0.4, -0.2) is 67.4 Å². The SMILES string of the molecule is CCCCCCNC(=O)CN1CCN(CC(=O)Nc2ccc(F)cc2)CC1. The first kappa shape index (κ1) is 21.3. The number of carbonyl (C=O) groups is 2. The summed E-state index contributed by atoms with van der Waals surface area (Å²) in [6, 6.07) is 5.74. The Morgan fingerprint density at radius 2 is 1.52 bits per heavy atom. The van der Waals surface area contributed by atoms with Crippen LogP contribution in [-0.2, 0) is 9.59 Å². The molecule has 0 spiro atoms. The van der Waals surface area contributed by atoms with Gasteiger partial charge in [-0.05, 0) is 30.7 Å². The summed E-state index contributed by atoms with van der Waals surface area (Å²) >= 11 is 0. The van der Waals surface area contributed by atoms with Gasteiger partial charge >= 0.3 is 0 Å². The third-order valence-electron chi connectivity index (χ3n) is 4.68. The molecular formula is C20H31FN4O2. The van der Waals surface area contributed by atoms with Crippen molar-refractivity contribution in [3.05, 3.63) is 30.1 Å². The van der Waals surface area contributed by atoms with Crippen molar-refractivity contribution < 1.29 is 14.0 Å². The highest BCUT2D eigenvalue weighted by atomic mass is 19.1. The average molecular weight is 378 g/mol. The molecule has 2 amide bonds. The molecule has 2 rings (SSSR count). The van der Waals surface area contributed by atoms with Crippen molar-refractivity contribution in [2.75, 3.05) is 51.1 Å². The molecule has 1 heterocycles. The molecule has 1 saturated heterocycles. The third-order valence-corrected chi connectivity index (χ3v) is 4.68.